The molecule has 1 amide bonds. The van der Waals surface area contributed by atoms with E-state index in [0.717, 1.165) is 43.7 Å². The number of nitrogens with zero attached hydrogens (tertiary/aromatic N) is 3. The van der Waals surface area contributed by atoms with E-state index < -0.39 is 17.6 Å². The molecule has 39 heavy (non-hydrogen) atoms. The zero-order valence-electron chi connectivity index (χ0n) is 21.7. The topological polar surface area (TPSA) is 36.0 Å². The molecule has 0 aromatic heterocycles. The number of carbonyl (C=O) groups is 1. The van der Waals surface area contributed by atoms with Crippen LogP contribution in [-0.4, -0.2) is 68.6 Å². The Morgan fingerprint density at radius 2 is 1.64 bits per heavy atom. The van der Waals surface area contributed by atoms with Gasteiger partial charge >= 0.3 is 6.18 Å². The molecule has 2 aliphatic rings. The van der Waals surface area contributed by atoms with Gasteiger partial charge in [-0.15, -0.1) is 0 Å². The lowest BCUT2D eigenvalue weighted by atomic mass is 9.87. The highest BCUT2D eigenvalue weighted by Crippen LogP contribution is 2.37. The number of carbonyl (C=O) groups excluding carboxylic acids is 1. The number of methoxy groups -OCH3 is 1. The monoisotopic (exact) mass is 541 g/mol. The summed E-state index contributed by atoms with van der Waals surface area (Å²) in [5.41, 5.74) is 1.35. The number of likely N-dealkylation sites (tertiary alicyclic amines) is 1. The highest BCUT2D eigenvalue weighted by molar-refractivity contribution is 5.94. The summed E-state index contributed by atoms with van der Waals surface area (Å²) in [6, 6.07) is 18.8. The van der Waals surface area contributed by atoms with Gasteiger partial charge in [0.05, 0.1) is 12.7 Å². The third-order valence-electron chi connectivity index (χ3n) is 7.74. The van der Waals surface area contributed by atoms with Crippen molar-refractivity contribution in [1.29, 1.82) is 0 Å². The maximum Gasteiger partial charge on any atom is 0.416 e. The summed E-state index contributed by atoms with van der Waals surface area (Å²) in [5.74, 6) is -0.150. The molecule has 2 fully saturated rings. The second-order valence-electron chi connectivity index (χ2n) is 10.2. The lowest BCUT2D eigenvalue weighted by Gasteiger charge is -2.38. The van der Waals surface area contributed by atoms with Crippen LogP contribution in [-0.2, 0) is 6.18 Å². The molecule has 0 spiro atoms. The number of benzene rings is 3. The van der Waals surface area contributed by atoms with Crippen LogP contribution in [0.1, 0.15) is 27.4 Å². The number of piperazine rings is 1. The van der Waals surface area contributed by atoms with E-state index in [-0.39, 0.29) is 17.7 Å². The van der Waals surface area contributed by atoms with Crippen molar-refractivity contribution >= 4 is 11.6 Å². The lowest BCUT2D eigenvalue weighted by molar-refractivity contribution is -0.137. The first-order valence-corrected chi connectivity index (χ1v) is 13.0. The van der Waals surface area contributed by atoms with E-state index >= 15 is 0 Å². The molecule has 2 saturated heterocycles. The van der Waals surface area contributed by atoms with Gasteiger partial charge in [-0.3, -0.25) is 9.69 Å². The average molecular weight is 542 g/mol. The van der Waals surface area contributed by atoms with Gasteiger partial charge in [-0.05, 0) is 53.9 Å². The maximum atomic E-state index is 13.5. The average Bonchev–Trinajstić information content (AvgIpc) is 3.37. The van der Waals surface area contributed by atoms with Crippen LogP contribution in [0.3, 0.4) is 0 Å². The van der Waals surface area contributed by atoms with E-state index in [4.69, 9.17) is 4.74 Å². The van der Waals surface area contributed by atoms with Crippen LogP contribution in [0.4, 0.5) is 23.2 Å². The molecular weight excluding hydrogens is 510 g/mol. The molecule has 0 bridgehead atoms. The molecule has 0 radical (unpaired) electrons. The van der Waals surface area contributed by atoms with Crippen LogP contribution < -0.4 is 9.64 Å². The minimum absolute atomic E-state index is 0.0405. The second-order valence-corrected chi connectivity index (χ2v) is 10.2. The van der Waals surface area contributed by atoms with E-state index in [1.54, 1.807) is 18.1 Å². The molecular formula is C30H31F4N3O2. The molecule has 0 N–H and O–H groups in total. The summed E-state index contributed by atoms with van der Waals surface area (Å²) in [6.45, 7) is 4.63. The SMILES string of the molecule is COc1cccc(N2CCN(C[C@H]3CN(C(=O)c4ccc(F)cc4)C[C@H]3c3cccc(C(F)(F)F)c3)CC2)c1. The van der Waals surface area contributed by atoms with Crippen molar-refractivity contribution in [2.24, 2.45) is 5.92 Å². The van der Waals surface area contributed by atoms with E-state index in [0.29, 0.717) is 30.8 Å². The number of anilines is 1. The molecule has 2 heterocycles. The van der Waals surface area contributed by atoms with Gasteiger partial charge < -0.3 is 14.5 Å². The molecule has 206 valence electrons. The normalized spacial score (nSPS) is 20.3. The molecule has 2 atom stereocenters. The van der Waals surface area contributed by atoms with Gasteiger partial charge in [-0.1, -0.05) is 24.3 Å². The molecule has 9 heteroatoms. The van der Waals surface area contributed by atoms with Gasteiger partial charge in [-0.25, -0.2) is 4.39 Å². The molecule has 0 saturated carbocycles. The Labute approximate surface area is 225 Å². The fraction of sp³-hybridized carbons (Fsp3) is 0.367. The van der Waals surface area contributed by atoms with Crippen molar-refractivity contribution in [2.45, 2.75) is 12.1 Å². The van der Waals surface area contributed by atoms with Crippen molar-refractivity contribution in [3.05, 3.63) is 95.3 Å². The minimum Gasteiger partial charge on any atom is -0.497 e. The lowest BCUT2D eigenvalue weighted by Crippen LogP contribution is -2.48. The zero-order chi connectivity index (χ0) is 27.6. The standard InChI is InChI=1S/C30H31F4N3O2/c1-39-27-7-3-6-26(17-27)36-14-12-35(13-15-36)18-23-19-37(29(38)21-8-10-25(31)11-9-21)20-28(23)22-4-2-5-24(16-22)30(32,33)34/h2-11,16-17,23,28H,12-15,18-20H2,1H3/t23-,28-/m0/s1. The second kappa shape index (κ2) is 11.3. The number of ether oxygens (including phenoxy) is 1. The van der Waals surface area contributed by atoms with E-state index in [1.165, 1.54) is 36.4 Å². The van der Waals surface area contributed by atoms with E-state index in [1.807, 2.05) is 18.2 Å². The van der Waals surface area contributed by atoms with Crippen molar-refractivity contribution in [2.75, 3.05) is 57.8 Å². The number of alkyl halides is 3. The van der Waals surface area contributed by atoms with Gasteiger partial charge in [0.25, 0.3) is 5.91 Å². The predicted molar refractivity (Wildman–Crippen MR) is 142 cm³/mol. The van der Waals surface area contributed by atoms with Crippen molar-refractivity contribution in [3.8, 4) is 5.75 Å². The molecule has 5 rings (SSSR count). The van der Waals surface area contributed by atoms with E-state index in [2.05, 4.69) is 15.9 Å². The Kier molecular flexibility index (Phi) is 7.79. The van der Waals surface area contributed by atoms with Crippen LogP contribution in [0.25, 0.3) is 0 Å². The first kappa shape index (κ1) is 27.0. The Hall–Kier alpha value is -3.59. The van der Waals surface area contributed by atoms with Gasteiger partial charge in [0.15, 0.2) is 0 Å². The first-order chi connectivity index (χ1) is 18.7. The van der Waals surface area contributed by atoms with Crippen molar-refractivity contribution < 1.29 is 27.1 Å². The Bertz CT molecular complexity index is 1290. The number of hydrogen-bond acceptors (Lipinski definition) is 4. The zero-order valence-corrected chi connectivity index (χ0v) is 21.7. The summed E-state index contributed by atoms with van der Waals surface area (Å²) < 4.78 is 59.2. The molecule has 0 aliphatic carbocycles. The van der Waals surface area contributed by atoms with Crippen LogP contribution in [0, 0.1) is 11.7 Å². The molecule has 3 aromatic rings. The molecule has 0 unspecified atom stereocenters. The quantitative estimate of drug-likeness (QED) is 0.385. The molecule has 5 nitrogen and oxygen atoms in total. The highest BCUT2D eigenvalue weighted by Gasteiger charge is 2.39. The van der Waals surface area contributed by atoms with Crippen LogP contribution in [0.2, 0.25) is 0 Å². The van der Waals surface area contributed by atoms with Gasteiger partial charge in [0.2, 0.25) is 0 Å². The van der Waals surface area contributed by atoms with Crippen LogP contribution in [0.5, 0.6) is 5.75 Å². The first-order valence-electron chi connectivity index (χ1n) is 13.0. The van der Waals surface area contributed by atoms with Crippen LogP contribution in [0.15, 0.2) is 72.8 Å². The molecule has 3 aromatic carbocycles. The van der Waals surface area contributed by atoms with Gasteiger partial charge in [0, 0.05) is 69.0 Å². The summed E-state index contributed by atoms with van der Waals surface area (Å²) in [6.07, 6.45) is -4.44. The minimum atomic E-state index is -4.44. The Balaban J connectivity index is 1.32. The third-order valence-corrected chi connectivity index (χ3v) is 7.74. The maximum absolute atomic E-state index is 13.5. The van der Waals surface area contributed by atoms with Crippen molar-refractivity contribution in [1.82, 2.24) is 9.80 Å². The van der Waals surface area contributed by atoms with Crippen molar-refractivity contribution in [3.63, 3.8) is 0 Å². The summed E-state index contributed by atoms with van der Waals surface area (Å²) in [4.78, 5) is 19.6. The van der Waals surface area contributed by atoms with Crippen LogP contribution >= 0.6 is 0 Å². The number of amides is 1. The fourth-order valence-electron chi connectivity index (χ4n) is 5.65. The summed E-state index contributed by atoms with van der Waals surface area (Å²) >= 11 is 0. The summed E-state index contributed by atoms with van der Waals surface area (Å²) in [5, 5.41) is 0. The summed E-state index contributed by atoms with van der Waals surface area (Å²) in [7, 11) is 1.64. The number of rotatable bonds is 6. The molecule has 2 aliphatic heterocycles. The third kappa shape index (κ3) is 6.19. The van der Waals surface area contributed by atoms with Gasteiger partial charge in [-0.2, -0.15) is 13.2 Å². The van der Waals surface area contributed by atoms with E-state index in [9.17, 15) is 22.4 Å². The largest absolute Gasteiger partial charge is 0.497 e. The van der Waals surface area contributed by atoms with Gasteiger partial charge in [0.1, 0.15) is 11.6 Å². The number of halogens is 4. The predicted octanol–water partition coefficient (Wildman–Crippen LogP) is 5.53. The Morgan fingerprint density at radius 1 is 0.923 bits per heavy atom. The smallest absolute Gasteiger partial charge is 0.416 e. The highest BCUT2D eigenvalue weighted by atomic mass is 19.4. The fourth-order valence-corrected chi connectivity index (χ4v) is 5.65. The Morgan fingerprint density at radius 3 is 2.33 bits per heavy atom. The number of hydrogen-bond donors (Lipinski definition) is 0.